The Morgan fingerprint density at radius 1 is 1.02 bits per heavy atom. The maximum atomic E-state index is 13.4. The molecule has 2 amide bonds. The molecule has 1 saturated carbocycles. The quantitative estimate of drug-likeness (QED) is 0.291. The molecule has 48 heavy (non-hydrogen) atoms. The summed E-state index contributed by atoms with van der Waals surface area (Å²) in [6.45, 7) is 7.18. The lowest BCUT2D eigenvalue weighted by Crippen LogP contribution is -2.61. The first-order valence-electron chi connectivity index (χ1n) is 17.1. The molecule has 1 aliphatic carbocycles. The number of likely N-dealkylation sites (tertiary alicyclic amines) is 2. The number of carbonyl (C=O) groups is 3. The van der Waals surface area contributed by atoms with Crippen LogP contribution in [0.2, 0.25) is 10.0 Å². The lowest BCUT2D eigenvalue weighted by atomic mass is 9.75. The van der Waals surface area contributed by atoms with Crippen molar-refractivity contribution in [3.05, 3.63) is 27.7 Å². The van der Waals surface area contributed by atoms with E-state index in [2.05, 4.69) is 11.8 Å². The number of amides is 2. The number of aliphatic carboxylic acids is 1. The van der Waals surface area contributed by atoms with E-state index >= 15 is 0 Å². The summed E-state index contributed by atoms with van der Waals surface area (Å²) in [5, 5.41) is 7.87. The molecule has 4 aliphatic rings. The van der Waals surface area contributed by atoms with Gasteiger partial charge >= 0.3 is 18.2 Å². The van der Waals surface area contributed by atoms with Crippen LogP contribution < -0.4 is 4.74 Å². The van der Waals surface area contributed by atoms with E-state index < -0.39 is 12.1 Å². The molecule has 1 aromatic rings. The number of hydrogen-bond acceptors (Lipinski definition) is 6. The summed E-state index contributed by atoms with van der Waals surface area (Å²) in [6.07, 6.45) is 8.34. The predicted molar refractivity (Wildman–Crippen MR) is 177 cm³/mol. The molecule has 14 heteroatoms. The molecule has 270 valence electrons. The van der Waals surface area contributed by atoms with E-state index in [0.29, 0.717) is 52.3 Å². The summed E-state index contributed by atoms with van der Waals surface area (Å²) in [5.41, 5.74) is 0.0114. The maximum absolute atomic E-state index is 13.4. The molecule has 3 saturated heterocycles. The number of carboxylic acid groups (broad SMARTS) is 1. The van der Waals surface area contributed by atoms with E-state index in [-0.39, 0.29) is 17.6 Å². The molecular weight excluding hydrogens is 674 g/mol. The topological polar surface area (TPSA) is 99.6 Å². The number of carboxylic acids is 1. The molecule has 1 aromatic carbocycles. The van der Waals surface area contributed by atoms with Gasteiger partial charge in [0.2, 0.25) is 0 Å². The van der Waals surface area contributed by atoms with Crippen molar-refractivity contribution in [1.29, 1.82) is 0 Å². The van der Waals surface area contributed by atoms with Gasteiger partial charge in [-0.2, -0.15) is 13.2 Å². The van der Waals surface area contributed by atoms with Crippen LogP contribution in [0.15, 0.2) is 12.1 Å². The Morgan fingerprint density at radius 3 is 2.19 bits per heavy atom. The number of halogens is 5. The number of alkyl halides is 3. The first-order chi connectivity index (χ1) is 22.8. The zero-order valence-corrected chi connectivity index (χ0v) is 29.3. The third kappa shape index (κ3) is 9.41. The molecule has 5 rings (SSSR count). The van der Waals surface area contributed by atoms with Crippen LogP contribution in [0.3, 0.4) is 0 Å². The molecule has 4 fully saturated rings. The van der Waals surface area contributed by atoms with Crippen molar-refractivity contribution in [1.82, 2.24) is 14.7 Å². The summed E-state index contributed by atoms with van der Waals surface area (Å²) in [5.74, 6) is -1.51. The SMILES string of the molecule is CCCCC1CN(CC2CCCCC2)C(=O)OC12CCN(C1CCN(C(=O)c3c(Cl)ccc(Cl)c3OC)CC1)CC2.O=C(O)C(F)(F)F. The summed E-state index contributed by atoms with van der Waals surface area (Å²) in [4.78, 5) is 42.0. The summed E-state index contributed by atoms with van der Waals surface area (Å²) in [6, 6.07) is 3.72. The second-order valence-electron chi connectivity index (χ2n) is 13.5. The molecule has 0 radical (unpaired) electrons. The molecule has 9 nitrogen and oxygen atoms in total. The Hall–Kier alpha value is -2.44. The van der Waals surface area contributed by atoms with Gasteiger partial charge in [-0.05, 0) is 50.2 Å². The summed E-state index contributed by atoms with van der Waals surface area (Å²) in [7, 11) is 1.51. The molecule has 1 unspecified atom stereocenters. The van der Waals surface area contributed by atoms with E-state index in [0.717, 1.165) is 58.3 Å². The Morgan fingerprint density at radius 2 is 1.62 bits per heavy atom. The minimum absolute atomic E-state index is 0.0845. The van der Waals surface area contributed by atoms with Crippen LogP contribution in [0, 0.1) is 11.8 Å². The minimum Gasteiger partial charge on any atom is -0.494 e. The molecule has 1 atom stereocenters. The van der Waals surface area contributed by atoms with Gasteiger partial charge < -0.3 is 24.4 Å². The van der Waals surface area contributed by atoms with Gasteiger partial charge in [-0.15, -0.1) is 0 Å². The maximum Gasteiger partial charge on any atom is 0.490 e. The molecule has 3 aliphatic heterocycles. The largest absolute Gasteiger partial charge is 0.494 e. The lowest BCUT2D eigenvalue weighted by molar-refractivity contribution is -0.192. The smallest absolute Gasteiger partial charge is 0.490 e. The van der Waals surface area contributed by atoms with Crippen molar-refractivity contribution in [2.24, 2.45) is 11.8 Å². The second kappa shape index (κ2) is 17.0. The van der Waals surface area contributed by atoms with Crippen LogP contribution in [0.25, 0.3) is 0 Å². The first-order valence-corrected chi connectivity index (χ1v) is 17.9. The molecule has 1 spiro atoms. The zero-order valence-electron chi connectivity index (χ0n) is 27.8. The number of nitrogens with zero attached hydrogens (tertiary/aromatic N) is 3. The van der Waals surface area contributed by atoms with Gasteiger partial charge in [-0.1, -0.05) is 62.2 Å². The highest BCUT2D eigenvalue weighted by atomic mass is 35.5. The molecule has 1 N–H and O–H groups in total. The highest BCUT2D eigenvalue weighted by Crippen LogP contribution is 2.42. The third-order valence-electron chi connectivity index (χ3n) is 10.5. The monoisotopic (exact) mass is 721 g/mol. The number of benzene rings is 1. The van der Waals surface area contributed by atoms with Crippen LogP contribution in [-0.2, 0) is 9.53 Å². The molecule has 0 bridgehead atoms. The van der Waals surface area contributed by atoms with Gasteiger partial charge in [0, 0.05) is 64.1 Å². The zero-order chi connectivity index (χ0) is 35.1. The van der Waals surface area contributed by atoms with Crippen LogP contribution in [0.4, 0.5) is 18.0 Å². The number of unbranched alkanes of at least 4 members (excludes halogenated alkanes) is 1. The van der Waals surface area contributed by atoms with E-state index in [4.69, 9.17) is 42.6 Å². The number of hydrogen-bond donors (Lipinski definition) is 1. The number of ether oxygens (including phenoxy) is 2. The normalized spacial score (nSPS) is 22.6. The van der Waals surface area contributed by atoms with Gasteiger partial charge in [0.25, 0.3) is 5.91 Å². The first kappa shape index (κ1) is 38.4. The standard InChI is InChI=1S/C32H47Cl2N3O4.C2HF3O2/c1-3-4-10-24-22-37(21-23-8-6-5-7-9-23)31(39)41-32(24)15-19-35(20-16-32)25-13-17-36(18-14-25)30(38)28-26(33)11-12-27(34)29(28)40-2;3-2(4,5)1(6)7/h11-12,23-25H,3-10,13-22H2,1-2H3;(H,6,7). The van der Waals surface area contributed by atoms with Gasteiger partial charge in [0.15, 0.2) is 5.75 Å². The van der Waals surface area contributed by atoms with Gasteiger partial charge in [-0.25, -0.2) is 9.59 Å². The van der Waals surface area contributed by atoms with E-state index in [1.165, 1.54) is 52.1 Å². The summed E-state index contributed by atoms with van der Waals surface area (Å²) >= 11 is 12.7. The van der Waals surface area contributed by atoms with Crippen molar-refractivity contribution in [2.45, 2.75) is 102 Å². The average molecular weight is 723 g/mol. The van der Waals surface area contributed by atoms with Crippen molar-refractivity contribution < 1.29 is 42.1 Å². The van der Waals surface area contributed by atoms with Crippen LogP contribution in [0.1, 0.15) is 94.3 Å². The van der Waals surface area contributed by atoms with Crippen molar-refractivity contribution >= 4 is 41.2 Å². The third-order valence-corrected chi connectivity index (χ3v) is 11.1. The van der Waals surface area contributed by atoms with Gasteiger partial charge in [0.05, 0.1) is 17.2 Å². The molecule has 0 aromatic heterocycles. The number of piperidine rings is 2. The summed E-state index contributed by atoms with van der Waals surface area (Å²) < 4.78 is 43.6. The van der Waals surface area contributed by atoms with Gasteiger partial charge in [0.1, 0.15) is 11.2 Å². The van der Waals surface area contributed by atoms with Gasteiger partial charge in [-0.3, -0.25) is 9.69 Å². The fourth-order valence-electron chi connectivity index (χ4n) is 7.77. The number of rotatable bonds is 8. The van der Waals surface area contributed by atoms with E-state index in [9.17, 15) is 22.8 Å². The minimum atomic E-state index is -5.08. The fraction of sp³-hybridized carbons (Fsp3) is 0.735. The van der Waals surface area contributed by atoms with Crippen molar-refractivity contribution in [3.8, 4) is 5.75 Å². The highest BCUT2D eigenvalue weighted by Gasteiger charge is 2.50. The number of carbonyl (C=O) groups excluding carboxylic acids is 2. The lowest BCUT2D eigenvalue weighted by Gasteiger charge is -2.52. The second-order valence-corrected chi connectivity index (χ2v) is 14.3. The average Bonchev–Trinajstić information content (AvgIpc) is 3.07. The predicted octanol–water partition coefficient (Wildman–Crippen LogP) is 7.91. The Balaban J connectivity index is 0.000000671. The Labute approximate surface area is 291 Å². The fourth-order valence-corrected chi connectivity index (χ4v) is 8.23. The van der Waals surface area contributed by atoms with Crippen LogP contribution in [-0.4, -0.2) is 102 Å². The Bertz CT molecular complexity index is 1260. The van der Waals surface area contributed by atoms with Crippen molar-refractivity contribution in [2.75, 3.05) is 46.4 Å². The van der Waals surface area contributed by atoms with Crippen molar-refractivity contribution in [3.63, 3.8) is 0 Å². The van der Waals surface area contributed by atoms with E-state index in [1.54, 1.807) is 12.1 Å². The molecular formula is C34H48Cl2F3N3O6. The number of methoxy groups -OCH3 is 1. The highest BCUT2D eigenvalue weighted by molar-refractivity contribution is 6.37. The Kier molecular flexibility index (Phi) is 13.6. The molecule has 3 heterocycles. The van der Waals surface area contributed by atoms with E-state index in [1.807, 2.05) is 9.80 Å². The van der Waals surface area contributed by atoms with Crippen LogP contribution >= 0.6 is 23.2 Å². The van der Waals surface area contributed by atoms with Crippen LogP contribution in [0.5, 0.6) is 5.75 Å².